The molecule has 0 amide bonds. The van der Waals surface area contributed by atoms with Crippen molar-refractivity contribution in [2.24, 2.45) is 0 Å². The number of hydrogen-bond acceptors (Lipinski definition) is 4. The topological polar surface area (TPSA) is 24.9 Å². The number of hydrogen-bond donors (Lipinski definition) is 0. The van der Waals surface area contributed by atoms with E-state index in [0.29, 0.717) is 0 Å². The summed E-state index contributed by atoms with van der Waals surface area (Å²) in [6, 6.07) is 0. The second-order valence-electron chi connectivity index (χ2n) is 8.52. The van der Waals surface area contributed by atoms with E-state index in [1.165, 1.54) is 0 Å². The van der Waals surface area contributed by atoms with Gasteiger partial charge in [0.2, 0.25) is 0 Å². The Morgan fingerprint density at radius 3 is 1.90 bits per heavy atom. The molecule has 0 N–H and O–H groups in total. The summed E-state index contributed by atoms with van der Waals surface area (Å²) in [5, 5.41) is 0. The zero-order valence-corrected chi connectivity index (χ0v) is 23.5. The molecule has 1 unspecified atom stereocenters. The predicted octanol–water partition coefficient (Wildman–Crippen LogP) is 2.17. The van der Waals surface area contributed by atoms with Crippen LogP contribution in [0.5, 0.6) is 0 Å². The van der Waals surface area contributed by atoms with Gasteiger partial charge in [0.25, 0.3) is 0 Å². The van der Waals surface area contributed by atoms with Crippen LogP contribution in [-0.2, 0) is 5.53 Å². The zero-order valence-electron chi connectivity index (χ0n) is 14.9. The number of rotatable bonds is 3. The first-order valence-corrected chi connectivity index (χ1v) is 18.6. The number of nitrogens with zero attached hydrogens (tertiary/aromatic N) is 2. The van der Waals surface area contributed by atoms with Crippen molar-refractivity contribution in [1.29, 1.82) is 0 Å². The van der Waals surface area contributed by atoms with Gasteiger partial charge in [-0.25, -0.2) is 0 Å². The predicted molar refractivity (Wildman–Crippen MR) is 94.6 cm³/mol. The van der Waals surface area contributed by atoms with Crippen molar-refractivity contribution in [3.8, 4) is 0 Å². The maximum absolute atomic E-state index is 6.68. The fourth-order valence-electron chi connectivity index (χ4n) is 2.87. The Morgan fingerprint density at radius 2 is 1.60 bits per heavy atom. The molecule has 1 saturated heterocycles. The van der Waals surface area contributed by atoms with Crippen LogP contribution in [0.15, 0.2) is 0 Å². The summed E-state index contributed by atoms with van der Waals surface area (Å²) < 4.78 is 18.3. The average Bonchev–Trinajstić information content (AvgIpc) is 2.09. The molecule has 1 rings (SSSR count). The van der Waals surface area contributed by atoms with Gasteiger partial charge in [0.15, 0.2) is 0 Å². The van der Waals surface area contributed by atoms with Crippen molar-refractivity contribution in [2.75, 3.05) is 0 Å². The van der Waals surface area contributed by atoms with Gasteiger partial charge in [-0.2, -0.15) is 0 Å². The SMILES string of the molecule is CC(C)(C)[N]([SnH])[Si](C)(C)[O][SnH]1[O][Si](C)(C)[N]1C(C)(C)C. The molecule has 0 bridgehead atoms. The van der Waals surface area contributed by atoms with E-state index in [2.05, 4.69) is 73.3 Å². The summed E-state index contributed by atoms with van der Waals surface area (Å²) in [6.07, 6.45) is 0. The Bertz CT molecular complexity index is 357. The van der Waals surface area contributed by atoms with Crippen LogP contribution in [-0.4, -0.2) is 77.3 Å². The molecule has 0 spiro atoms. The molecule has 1 heterocycles. The van der Waals surface area contributed by atoms with Crippen LogP contribution >= 0.6 is 0 Å². The third-order valence-electron chi connectivity index (χ3n) is 3.59. The van der Waals surface area contributed by atoms with Crippen molar-refractivity contribution < 1.29 is 5.53 Å². The van der Waals surface area contributed by atoms with Crippen molar-refractivity contribution in [3.63, 3.8) is 0 Å². The van der Waals surface area contributed by atoms with E-state index in [9.17, 15) is 0 Å². The van der Waals surface area contributed by atoms with Crippen LogP contribution in [0.4, 0.5) is 0 Å². The molecule has 0 saturated carbocycles. The van der Waals surface area contributed by atoms with Crippen LogP contribution in [0.2, 0.25) is 26.2 Å². The first kappa shape index (κ1) is 19.9. The van der Waals surface area contributed by atoms with Gasteiger partial charge in [-0.05, 0) is 0 Å². The van der Waals surface area contributed by atoms with Gasteiger partial charge in [0, 0.05) is 0 Å². The van der Waals surface area contributed by atoms with E-state index in [-0.39, 0.29) is 11.1 Å². The van der Waals surface area contributed by atoms with E-state index in [0.717, 1.165) is 22.8 Å². The second-order valence-corrected chi connectivity index (χ2v) is 27.4. The van der Waals surface area contributed by atoms with Gasteiger partial charge in [-0.15, -0.1) is 0 Å². The average molecular weight is 530 g/mol. The molecule has 20 heavy (non-hydrogen) atoms. The summed E-state index contributed by atoms with van der Waals surface area (Å²) in [6.45, 7) is 23.0. The molecule has 118 valence electrons. The quantitative estimate of drug-likeness (QED) is 0.523. The van der Waals surface area contributed by atoms with Crippen molar-refractivity contribution in [1.82, 2.24) is 5.57 Å². The summed E-state index contributed by atoms with van der Waals surface area (Å²) in [4.78, 5) is 0. The van der Waals surface area contributed by atoms with Crippen LogP contribution in [0.3, 0.4) is 0 Å². The first-order valence-electron chi connectivity index (χ1n) is 7.29. The normalized spacial score (nSPS) is 24.9. The molecule has 0 aromatic rings. The van der Waals surface area contributed by atoms with Crippen LogP contribution in [0, 0.1) is 0 Å². The van der Waals surface area contributed by atoms with E-state index in [1.807, 2.05) is 0 Å². The standard InChI is InChI=1S/2C6H15NOSi.2Sn.2H/c2*1-6(2,3)7-9(4,5)8;;;;/h2*1-5H3;;;;/q2*-2;+1;+3;;. The maximum atomic E-state index is 6.68. The Hall–Kier alpha value is 1.87. The molecule has 1 aliphatic heterocycles. The molecule has 0 aromatic carbocycles. The Balaban J connectivity index is 2.84. The Kier molecular flexibility index (Phi) is 6.04. The molecule has 1 atom stereocenters. The molecule has 8 heteroatoms. The molecular weight excluding hydrogens is 498 g/mol. The summed E-state index contributed by atoms with van der Waals surface area (Å²) in [7, 11) is -3.46. The second kappa shape index (κ2) is 6.06. The van der Waals surface area contributed by atoms with Gasteiger partial charge in [0.1, 0.15) is 0 Å². The van der Waals surface area contributed by atoms with Crippen LogP contribution in [0.25, 0.3) is 0 Å². The van der Waals surface area contributed by atoms with Gasteiger partial charge >= 0.3 is 151 Å². The molecule has 0 aromatic heterocycles. The third-order valence-corrected chi connectivity index (χ3v) is 39.8. The molecule has 2 radical (unpaired) electrons. The van der Waals surface area contributed by atoms with E-state index in [1.54, 1.807) is 0 Å². The van der Waals surface area contributed by atoms with Crippen LogP contribution < -0.4 is 0 Å². The molecule has 1 fully saturated rings. The fourth-order valence-corrected chi connectivity index (χ4v) is 31.4. The van der Waals surface area contributed by atoms with E-state index < -0.39 is 37.8 Å². The third kappa shape index (κ3) is 4.45. The molecular formula is C12H32N2O2Si2Sn2. The fraction of sp³-hybridized carbons (Fsp3) is 1.00. The van der Waals surface area contributed by atoms with Crippen LogP contribution in [0.1, 0.15) is 41.5 Å². The van der Waals surface area contributed by atoms with Crippen molar-refractivity contribution >= 4 is 60.6 Å². The molecule has 4 nitrogen and oxygen atoms in total. The minimum atomic E-state index is -2.46. The summed E-state index contributed by atoms with van der Waals surface area (Å²) >= 11 is -1.34. The van der Waals surface area contributed by atoms with Crippen molar-refractivity contribution in [2.45, 2.75) is 78.8 Å². The van der Waals surface area contributed by atoms with E-state index in [4.69, 9.17) is 5.53 Å². The summed E-state index contributed by atoms with van der Waals surface area (Å²) in [5.74, 6) is 0. The first-order chi connectivity index (χ1) is 8.59. The minimum absolute atomic E-state index is 0.191. The van der Waals surface area contributed by atoms with Gasteiger partial charge in [0.05, 0.1) is 0 Å². The van der Waals surface area contributed by atoms with E-state index >= 15 is 0 Å². The molecule has 1 aliphatic rings. The van der Waals surface area contributed by atoms with Gasteiger partial charge < -0.3 is 0 Å². The molecule has 0 aliphatic carbocycles. The monoisotopic (exact) mass is 532 g/mol. The van der Waals surface area contributed by atoms with Crippen molar-refractivity contribution in [3.05, 3.63) is 0 Å². The zero-order chi connectivity index (χ0) is 16.1. The summed E-state index contributed by atoms with van der Waals surface area (Å²) in [5.41, 5.74) is 0.392. The van der Waals surface area contributed by atoms with Gasteiger partial charge in [-0.3, -0.25) is 0 Å². The Labute approximate surface area is 149 Å². The van der Waals surface area contributed by atoms with Gasteiger partial charge in [-0.1, -0.05) is 0 Å². The Morgan fingerprint density at radius 1 is 1.15 bits per heavy atom.